The summed E-state index contributed by atoms with van der Waals surface area (Å²) in [6.45, 7) is 1.67. The van der Waals surface area contributed by atoms with Gasteiger partial charge in [0.1, 0.15) is 11.5 Å². The van der Waals surface area contributed by atoms with Crippen LogP contribution < -0.4 is 10.1 Å². The molecule has 0 bridgehead atoms. The lowest BCUT2D eigenvalue weighted by molar-refractivity contribution is 0.102. The van der Waals surface area contributed by atoms with Gasteiger partial charge in [-0.2, -0.15) is 0 Å². The number of amides is 1. The van der Waals surface area contributed by atoms with E-state index in [0.29, 0.717) is 22.6 Å². The number of hydrogen-bond donors (Lipinski definition) is 2. The quantitative estimate of drug-likeness (QED) is 0.706. The van der Waals surface area contributed by atoms with Crippen molar-refractivity contribution >= 4 is 11.6 Å². The van der Waals surface area contributed by atoms with Crippen LogP contribution in [0, 0.1) is 0 Å². The van der Waals surface area contributed by atoms with E-state index < -0.39 is 6.10 Å². The van der Waals surface area contributed by atoms with Gasteiger partial charge in [-0.3, -0.25) is 4.79 Å². The molecule has 2 N–H and O–H groups in total. The summed E-state index contributed by atoms with van der Waals surface area (Å²) in [5.74, 6) is 1.16. The fraction of sp³-hybridized carbons (Fsp3) is 0.0952. The highest BCUT2D eigenvalue weighted by molar-refractivity contribution is 6.04. The first kappa shape index (κ1) is 16.7. The van der Waals surface area contributed by atoms with Gasteiger partial charge in [-0.25, -0.2) is 0 Å². The van der Waals surface area contributed by atoms with Crippen molar-refractivity contribution in [3.05, 3.63) is 90.0 Å². The summed E-state index contributed by atoms with van der Waals surface area (Å²) < 4.78 is 5.72. The van der Waals surface area contributed by atoms with E-state index in [4.69, 9.17) is 4.74 Å². The topological polar surface area (TPSA) is 58.6 Å². The zero-order valence-corrected chi connectivity index (χ0v) is 13.8. The fourth-order valence-electron chi connectivity index (χ4n) is 2.47. The van der Waals surface area contributed by atoms with E-state index in [0.717, 1.165) is 5.75 Å². The molecule has 126 valence electrons. The van der Waals surface area contributed by atoms with E-state index in [2.05, 4.69) is 5.32 Å². The molecule has 0 fully saturated rings. The predicted octanol–water partition coefficient (Wildman–Crippen LogP) is 4.78. The molecule has 0 aliphatic rings. The Hall–Kier alpha value is -3.11. The molecule has 3 aromatic carbocycles. The summed E-state index contributed by atoms with van der Waals surface area (Å²) in [7, 11) is 0. The van der Waals surface area contributed by atoms with Gasteiger partial charge in [0, 0.05) is 16.8 Å². The first-order valence-electron chi connectivity index (χ1n) is 8.05. The minimum absolute atomic E-state index is 0.237. The Kier molecular flexibility index (Phi) is 5.11. The van der Waals surface area contributed by atoms with Gasteiger partial charge in [0.15, 0.2) is 0 Å². The van der Waals surface area contributed by atoms with Crippen LogP contribution in [0.4, 0.5) is 5.69 Å². The van der Waals surface area contributed by atoms with Crippen molar-refractivity contribution in [1.82, 2.24) is 0 Å². The summed E-state index contributed by atoms with van der Waals surface area (Å²) in [4.78, 5) is 12.4. The van der Waals surface area contributed by atoms with E-state index in [1.165, 1.54) is 0 Å². The van der Waals surface area contributed by atoms with Crippen LogP contribution in [0.1, 0.15) is 28.9 Å². The van der Waals surface area contributed by atoms with Crippen LogP contribution in [0.15, 0.2) is 78.9 Å². The molecule has 3 rings (SSSR count). The number of para-hydroxylation sites is 2. The van der Waals surface area contributed by atoms with Gasteiger partial charge in [-0.05, 0) is 49.4 Å². The molecule has 0 aliphatic heterocycles. The van der Waals surface area contributed by atoms with Crippen LogP contribution in [0.25, 0.3) is 0 Å². The largest absolute Gasteiger partial charge is 0.457 e. The average molecular weight is 333 g/mol. The lowest BCUT2D eigenvalue weighted by atomic mass is 10.1. The molecule has 0 heterocycles. The standard InChI is InChI=1S/C21H19NO3/c1-15(23)19-9-5-6-10-20(19)22-21(24)16-11-13-18(14-12-16)25-17-7-3-2-4-8-17/h2-15,23H,1H3,(H,22,24). The Balaban J connectivity index is 1.71. The number of nitrogens with one attached hydrogen (secondary N) is 1. The SMILES string of the molecule is CC(O)c1ccccc1NC(=O)c1ccc(Oc2ccccc2)cc1. The normalized spacial score (nSPS) is 11.6. The molecular formula is C21H19NO3. The van der Waals surface area contributed by atoms with E-state index in [-0.39, 0.29) is 5.91 Å². The molecule has 0 spiro atoms. The molecule has 0 aromatic heterocycles. The maximum atomic E-state index is 12.4. The average Bonchev–Trinajstić information content (AvgIpc) is 2.63. The van der Waals surface area contributed by atoms with Crippen LogP contribution >= 0.6 is 0 Å². The summed E-state index contributed by atoms with van der Waals surface area (Å²) in [5, 5.41) is 12.6. The minimum Gasteiger partial charge on any atom is -0.457 e. The van der Waals surface area contributed by atoms with Gasteiger partial charge in [-0.15, -0.1) is 0 Å². The Morgan fingerprint density at radius 2 is 1.48 bits per heavy atom. The summed E-state index contributed by atoms with van der Waals surface area (Å²) in [6, 6.07) is 23.6. The second kappa shape index (κ2) is 7.64. The number of aliphatic hydroxyl groups is 1. The minimum atomic E-state index is -0.654. The molecule has 0 radical (unpaired) electrons. The number of benzene rings is 3. The molecule has 1 unspecified atom stereocenters. The van der Waals surface area contributed by atoms with Crippen molar-refractivity contribution in [2.75, 3.05) is 5.32 Å². The van der Waals surface area contributed by atoms with Gasteiger partial charge in [0.25, 0.3) is 5.91 Å². The summed E-state index contributed by atoms with van der Waals surface area (Å²) in [6.07, 6.45) is -0.654. The van der Waals surface area contributed by atoms with Crippen LogP contribution in [0.3, 0.4) is 0 Å². The number of aliphatic hydroxyl groups excluding tert-OH is 1. The third kappa shape index (κ3) is 4.25. The highest BCUT2D eigenvalue weighted by atomic mass is 16.5. The second-order valence-corrected chi connectivity index (χ2v) is 5.66. The molecule has 25 heavy (non-hydrogen) atoms. The van der Waals surface area contributed by atoms with Gasteiger partial charge < -0.3 is 15.2 Å². The van der Waals surface area contributed by atoms with Crippen molar-refractivity contribution in [3.63, 3.8) is 0 Å². The molecule has 0 saturated carbocycles. The number of carbonyl (C=O) groups is 1. The summed E-state index contributed by atoms with van der Waals surface area (Å²) in [5.41, 5.74) is 1.80. The van der Waals surface area contributed by atoms with Crippen LogP contribution in [0.2, 0.25) is 0 Å². The lowest BCUT2D eigenvalue weighted by Crippen LogP contribution is -2.13. The third-order valence-corrected chi connectivity index (χ3v) is 3.75. The number of hydrogen-bond acceptors (Lipinski definition) is 3. The monoisotopic (exact) mass is 333 g/mol. The van der Waals surface area contributed by atoms with Crippen molar-refractivity contribution in [2.24, 2.45) is 0 Å². The smallest absolute Gasteiger partial charge is 0.255 e. The molecule has 0 saturated heterocycles. The van der Waals surface area contributed by atoms with Crippen molar-refractivity contribution in [2.45, 2.75) is 13.0 Å². The van der Waals surface area contributed by atoms with Gasteiger partial charge >= 0.3 is 0 Å². The zero-order valence-electron chi connectivity index (χ0n) is 13.8. The Morgan fingerprint density at radius 1 is 0.880 bits per heavy atom. The van der Waals surface area contributed by atoms with Crippen LogP contribution in [-0.2, 0) is 0 Å². The first-order valence-corrected chi connectivity index (χ1v) is 8.05. The molecule has 0 aliphatic carbocycles. The van der Waals surface area contributed by atoms with E-state index in [1.54, 1.807) is 43.3 Å². The van der Waals surface area contributed by atoms with Gasteiger partial charge in [0.05, 0.1) is 6.10 Å². The molecule has 1 atom stereocenters. The summed E-state index contributed by atoms with van der Waals surface area (Å²) >= 11 is 0. The molecule has 3 aromatic rings. The van der Waals surface area contributed by atoms with Crippen molar-refractivity contribution < 1.29 is 14.6 Å². The van der Waals surface area contributed by atoms with Gasteiger partial charge in [0.2, 0.25) is 0 Å². The number of carbonyl (C=O) groups excluding carboxylic acids is 1. The first-order chi connectivity index (χ1) is 12.1. The molecule has 4 nitrogen and oxygen atoms in total. The van der Waals surface area contributed by atoms with E-state index in [1.807, 2.05) is 42.5 Å². The Morgan fingerprint density at radius 3 is 2.16 bits per heavy atom. The number of ether oxygens (including phenoxy) is 1. The molecule has 4 heteroatoms. The lowest BCUT2D eigenvalue weighted by Gasteiger charge is -2.13. The highest BCUT2D eigenvalue weighted by Crippen LogP contribution is 2.24. The zero-order chi connectivity index (χ0) is 17.6. The Bertz CT molecular complexity index is 843. The highest BCUT2D eigenvalue weighted by Gasteiger charge is 2.11. The number of anilines is 1. The molecular weight excluding hydrogens is 314 g/mol. The Labute approximate surface area is 146 Å². The fourth-order valence-corrected chi connectivity index (χ4v) is 2.47. The maximum Gasteiger partial charge on any atom is 0.255 e. The van der Waals surface area contributed by atoms with Crippen LogP contribution in [-0.4, -0.2) is 11.0 Å². The number of rotatable bonds is 5. The van der Waals surface area contributed by atoms with Crippen molar-refractivity contribution in [3.8, 4) is 11.5 Å². The van der Waals surface area contributed by atoms with Crippen LogP contribution in [0.5, 0.6) is 11.5 Å². The van der Waals surface area contributed by atoms with E-state index in [9.17, 15) is 9.90 Å². The van der Waals surface area contributed by atoms with Gasteiger partial charge in [-0.1, -0.05) is 36.4 Å². The third-order valence-electron chi connectivity index (χ3n) is 3.75. The van der Waals surface area contributed by atoms with E-state index >= 15 is 0 Å². The van der Waals surface area contributed by atoms with Crippen molar-refractivity contribution in [1.29, 1.82) is 0 Å². The second-order valence-electron chi connectivity index (χ2n) is 5.66. The molecule has 1 amide bonds. The predicted molar refractivity (Wildman–Crippen MR) is 98.0 cm³/mol. The maximum absolute atomic E-state index is 12.4.